The van der Waals surface area contributed by atoms with Gasteiger partial charge in [0, 0.05) is 5.56 Å². The molecule has 1 rings (SSSR count). The highest BCUT2D eigenvalue weighted by atomic mass is 16.5. The molecule has 18 heavy (non-hydrogen) atoms. The van der Waals surface area contributed by atoms with Crippen molar-refractivity contribution in [3.8, 4) is 17.9 Å². The van der Waals surface area contributed by atoms with Gasteiger partial charge in [-0.15, -0.1) is 0 Å². The smallest absolute Gasteiger partial charge is 0.206 e. The predicted molar refractivity (Wildman–Crippen MR) is 65.1 cm³/mol. The van der Waals surface area contributed by atoms with Crippen molar-refractivity contribution in [3.63, 3.8) is 0 Å². The highest BCUT2D eigenvalue weighted by Crippen LogP contribution is 2.25. The number of nitrogens with two attached hydrogens (primary N) is 1. The van der Waals surface area contributed by atoms with Gasteiger partial charge in [0.1, 0.15) is 17.7 Å². The van der Waals surface area contributed by atoms with Crippen LogP contribution in [0, 0.1) is 28.1 Å². The molecular formula is C11H10N6O. The highest BCUT2D eigenvalue weighted by Gasteiger charge is 2.12. The first-order valence-corrected chi connectivity index (χ1v) is 4.78. The zero-order valence-electron chi connectivity index (χ0n) is 9.56. The summed E-state index contributed by atoms with van der Waals surface area (Å²) >= 11 is 0. The Morgan fingerprint density at radius 2 is 2.22 bits per heavy atom. The Kier molecular flexibility index (Phi) is 4.24. The number of nitrogens with one attached hydrogen (secondary N) is 2. The minimum atomic E-state index is -0.314. The molecule has 0 radical (unpaired) electrons. The van der Waals surface area contributed by atoms with Crippen LogP contribution in [0.3, 0.4) is 0 Å². The molecule has 0 amide bonds. The Labute approximate surface area is 104 Å². The summed E-state index contributed by atoms with van der Waals surface area (Å²) in [5.41, 5.74) is 8.21. The van der Waals surface area contributed by atoms with Crippen LogP contribution in [-0.2, 0) is 0 Å². The number of hydrazone groups is 1. The molecule has 7 nitrogen and oxygen atoms in total. The number of methoxy groups -OCH3 is 1. The number of guanidine groups is 1. The second kappa shape index (κ2) is 5.87. The van der Waals surface area contributed by atoms with Gasteiger partial charge in [0.2, 0.25) is 5.96 Å². The Balaban J connectivity index is 3.23. The van der Waals surface area contributed by atoms with E-state index in [1.54, 1.807) is 6.07 Å². The van der Waals surface area contributed by atoms with Crippen molar-refractivity contribution in [1.82, 2.24) is 5.43 Å². The number of nitrogens with zero attached hydrogens (tertiary/aromatic N) is 3. The third-order valence-electron chi connectivity index (χ3n) is 2.01. The lowest BCUT2D eigenvalue weighted by Crippen LogP contribution is -2.25. The van der Waals surface area contributed by atoms with Crippen LogP contribution < -0.4 is 15.9 Å². The molecule has 1 aromatic rings. The number of ether oxygens (including phenoxy) is 1. The number of hydrogen-bond acceptors (Lipinski definition) is 5. The van der Waals surface area contributed by atoms with E-state index in [0.717, 1.165) is 0 Å². The molecule has 0 unspecified atom stereocenters. The van der Waals surface area contributed by atoms with Crippen molar-refractivity contribution in [2.24, 2.45) is 10.8 Å². The van der Waals surface area contributed by atoms with Crippen molar-refractivity contribution >= 4 is 12.2 Å². The minimum absolute atomic E-state index is 0.200. The molecule has 0 aliphatic carbocycles. The first kappa shape index (κ1) is 13.0. The number of nitriles is 2. The molecule has 0 heterocycles. The molecule has 0 bridgehead atoms. The fraction of sp³-hybridized carbons (Fsp3) is 0.0909. The Morgan fingerprint density at radius 3 is 2.72 bits per heavy atom. The largest absolute Gasteiger partial charge is 0.494 e. The standard InChI is InChI=1S/C11H10N6O/c1-18-10-7(4-12)2-3-8(9(10)5-13)6-16-17-11(14)15/h2-3,6H,1H3,(H4,14,15,17)/b16-6+. The minimum Gasteiger partial charge on any atom is -0.494 e. The van der Waals surface area contributed by atoms with E-state index in [2.05, 4.69) is 10.5 Å². The van der Waals surface area contributed by atoms with Crippen LogP contribution in [0.15, 0.2) is 17.2 Å². The van der Waals surface area contributed by atoms with Crippen LogP contribution in [-0.4, -0.2) is 19.3 Å². The summed E-state index contributed by atoms with van der Waals surface area (Å²) in [6, 6.07) is 6.96. The van der Waals surface area contributed by atoms with Crippen LogP contribution >= 0.6 is 0 Å². The summed E-state index contributed by atoms with van der Waals surface area (Å²) in [7, 11) is 1.38. The van der Waals surface area contributed by atoms with E-state index in [1.165, 1.54) is 19.4 Å². The third-order valence-corrected chi connectivity index (χ3v) is 2.01. The SMILES string of the molecule is COc1c(C#N)ccc(/C=N/NC(=N)N)c1C#N. The van der Waals surface area contributed by atoms with E-state index in [1.807, 2.05) is 12.1 Å². The fourth-order valence-electron chi connectivity index (χ4n) is 1.29. The summed E-state index contributed by atoms with van der Waals surface area (Å²) in [6.45, 7) is 0. The Bertz CT molecular complexity index is 578. The van der Waals surface area contributed by atoms with Crippen LogP contribution in [0.5, 0.6) is 5.75 Å². The fourth-order valence-corrected chi connectivity index (χ4v) is 1.29. The monoisotopic (exact) mass is 242 g/mol. The lowest BCUT2D eigenvalue weighted by Gasteiger charge is -2.06. The third kappa shape index (κ3) is 2.74. The maximum absolute atomic E-state index is 9.07. The quantitative estimate of drug-likeness (QED) is 0.397. The lowest BCUT2D eigenvalue weighted by molar-refractivity contribution is 0.412. The summed E-state index contributed by atoms with van der Waals surface area (Å²) in [6.07, 6.45) is 1.32. The summed E-state index contributed by atoms with van der Waals surface area (Å²) in [4.78, 5) is 0. The maximum Gasteiger partial charge on any atom is 0.206 e. The number of rotatable bonds is 3. The van der Waals surface area contributed by atoms with E-state index in [0.29, 0.717) is 5.56 Å². The summed E-state index contributed by atoms with van der Waals surface area (Å²) in [5, 5.41) is 28.5. The molecule has 0 aromatic heterocycles. The predicted octanol–water partition coefficient (Wildman–Crippen LogP) is 0.256. The highest BCUT2D eigenvalue weighted by molar-refractivity contribution is 5.86. The van der Waals surface area contributed by atoms with Gasteiger partial charge < -0.3 is 10.5 Å². The van der Waals surface area contributed by atoms with Crippen LogP contribution in [0.1, 0.15) is 16.7 Å². The zero-order valence-corrected chi connectivity index (χ0v) is 9.56. The second-order valence-electron chi connectivity index (χ2n) is 3.12. The average Bonchev–Trinajstić information content (AvgIpc) is 2.37. The molecular weight excluding hydrogens is 232 g/mol. The molecule has 1 aromatic carbocycles. The lowest BCUT2D eigenvalue weighted by atomic mass is 10.0. The van der Waals surface area contributed by atoms with Crippen molar-refractivity contribution in [2.75, 3.05) is 7.11 Å². The van der Waals surface area contributed by atoms with Gasteiger partial charge in [-0.1, -0.05) is 6.07 Å². The van der Waals surface area contributed by atoms with Crippen molar-refractivity contribution in [2.45, 2.75) is 0 Å². The van der Waals surface area contributed by atoms with Gasteiger partial charge in [0.05, 0.1) is 18.9 Å². The molecule has 0 atom stereocenters. The van der Waals surface area contributed by atoms with Crippen LogP contribution in [0.25, 0.3) is 0 Å². The van der Waals surface area contributed by atoms with Crippen molar-refractivity contribution in [3.05, 3.63) is 28.8 Å². The van der Waals surface area contributed by atoms with E-state index in [-0.39, 0.29) is 22.8 Å². The topological polar surface area (TPSA) is 131 Å². The van der Waals surface area contributed by atoms with Crippen LogP contribution in [0.2, 0.25) is 0 Å². The molecule has 90 valence electrons. The van der Waals surface area contributed by atoms with Gasteiger partial charge in [0.25, 0.3) is 0 Å². The van der Waals surface area contributed by atoms with Crippen LogP contribution in [0.4, 0.5) is 0 Å². The van der Waals surface area contributed by atoms with Gasteiger partial charge in [-0.05, 0) is 6.07 Å². The molecule has 0 saturated carbocycles. The summed E-state index contributed by atoms with van der Waals surface area (Å²) in [5.74, 6) is -0.114. The molecule has 0 aliphatic rings. The molecule has 7 heteroatoms. The second-order valence-corrected chi connectivity index (χ2v) is 3.12. The molecule has 0 spiro atoms. The van der Waals surface area contributed by atoms with Crippen molar-refractivity contribution in [1.29, 1.82) is 15.9 Å². The van der Waals surface area contributed by atoms with Gasteiger partial charge in [-0.3, -0.25) is 5.41 Å². The first-order valence-electron chi connectivity index (χ1n) is 4.78. The van der Waals surface area contributed by atoms with Gasteiger partial charge in [-0.25, -0.2) is 5.43 Å². The van der Waals surface area contributed by atoms with E-state index >= 15 is 0 Å². The van der Waals surface area contributed by atoms with Gasteiger partial charge in [0.15, 0.2) is 5.75 Å². The normalized spacial score (nSPS) is 9.50. The van der Waals surface area contributed by atoms with E-state index in [4.69, 9.17) is 26.4 Å². The average molecular weight is 242 g/mol. The van der Waals surface area contributed by atoms with E-state index in [9.17, 15) is 0 Å². The number of hydrogen-bond donors (Lipinski definition) is 3. The summed E-state index contributed by atoms with van der Waals surface area (Å²) < 4.78 is 5.03. The maximum atomic E-state index is 9.07. The van der Waals surface area contributed by atoms with Crippen molar-refractivity contribution < 1.29 is 4.74 Å². The van der Waals surface area contributed by atoms with Gasteiger partial charge in [-0.2, -0.15) is 15.6 Å². The zero-order chi connectivity index (χ0) is 13.5. The molecule has 0 fully saturated rings. The Morgan fingerprint density at radius 1 is 1.50 bits per heavy atom. The first-order chi connectivity index (χ1) is 8.63. The molecule has 0 saturated heterocycles. The van der Waals surface area contributed by atoms with E-state index < -0.39 is 0 Å². The molecule has 4 N–H and O–H groups in total. The Hall–Kier alpha value is -3.06. The number of benzene rings is 1. The van der Waals surface area contributed by atoms with Gasteiger partial charge >= 0.3 is 0 Å². The molecule has 0 aliphatic heterocycles.